The molecule has 0 saturated carbocycles. The van der Waals surface area contributed by atoms with Crippen molar-refractivity contribution in [3.63, 3.8) is 0 Å². The van der Waals surface area contributed by atoms with Crippen LogP contribution >= 0.6 is 15.2 Å². The first kappa shape index (κ1) is 76.6. The van der Waals surface area contributed by atoms with Crippen molar-refractivity contribution in [3.8, 4) is 0 Å². The Morgan fingerprint density at radius 2 is 1.38 bits per heavy atom. The minimum absolute atomic E-state index is 0.0102. The van der Waals surface area contributed by atoms with Gasteiger partial charge in [-0.15, -0.1) is 0 Å². The SMILES string of the molecule is CC(C)(CCn1cnc2c(=O)[nH]c(N)nc21)CCP(=O)(O)O.Cc1oncc1C(=O)Nc1ccc(C(F)(F)F)cc1.Nc1nc2c(CN3CC(O)C(CO)C3)c[nH]c2c(=O)[nH]1.Nc1nc2c(ncn2Cc2ccccc2/C=C/P(=O)(O)O)c(=O)[nH]1.Nc1ncn([C@H]2C[C@H](O)[C@@H](CO)O2)c(=O)n1. The van der Waals surface area contributed by atoms with Crippen LogP contribution in [0, 0.1) is 18.3 Å². The lowest BCUT2D eigenvalue weighted by molar-refractivity contribution is -0.137. The third-order valence-electron chi connectivity index (χ3n) is 15.6. The normalized spacial score (nSPS) is 17.2. The summed E-state index contributed by atoms with van der Waals surface area (Å²) in [5.74, 6) is 0.559. The van der Waals surface area contributed by atoms with E-state index in [1.165, 1.54) is 43.4 Å². The van der Waals surface area contributed by atoms with Crippen LogP contribution in [0.25, 0.3) is 39.4 Å². The number of aryl methyl sites for hydroxylation is 2. The Kier molecular flexibility index (Phi) is 24.6. The van der Waals surface area contributed by atoms with Crippen molar-refractivity contribution >= 4 is 90.0 Å². The molecule has 2 aliphatic heterocycles. The van der Waals surface area contributed by atoms with Gasteiger partial charge in [-0.25, -0.2) is 24.7 Å². The predicted octanol–water partition coefficient (Wildman–Crippen LogP) is 1.32. The number of aromatic nitrogens is 15. The number of aliphatic hydroxyl groups is 4. The number of fused-ring (bicyclic) bond motifs is 3. The molecule has 21 N–H and O–H groups in total. The lowest BCUT2D eigenvalue weighted by Crippen LogP contribution is -2.28. The van der Waals surface area contributed by atoms with Crippen LogP contribution in [0.15, 0.2) is 109 Å². The number of hydrogen-bond acceptors (Lipinski definition) is 26. The number of aliphatic hydroxyl groups excluding tert-OH is 4. The smallest absolute Gasteiger partial charge is 0.396 e. The third kappa shape index (κ3) is 21.0. The van der Waals surface area contributed by atoms with Crippen LogP contribution in [0.1, 0.15) is 77.7 Å². The van der Waals surface area contributed by atoms with Crippen molar-refractivity contribution < 1.29 is 76.4 Å². The second-order valence-electron chi connectivity index (χ2n) is 23.8. The number of H-pyrrole nitrogens is 4. The number of anilines is 5. The highest BCUT2D eigenvalue weighted by Crippen LogP contribution is 2.40. The number of nitrogens with one attached hydrogen (secondary N) is 5. The van der Waals surface area contributed by atoms with Crippen LogP contribution in [0.5, 0.6) is 0 Å². The number of carbonyl (C=O) groups is 1. The number of carbonyl (C=O) groups excluding carboxylic acids is 1. The molecule has 1 amide bonds. The number of benzene rings is 2. The quantitative estimate of drug-likeness (QED) is 0.0572. The molecule has 8 aromatic heterocycles. The van der Waals surface area contributed by atoms with Crippen molar-refractivity contribution in [1.29, 1.82) is 0 Å². The zero-order valence-corrected chi connectivity index (χ0v) is 55.6. The fourth-order valence-electron chi connectivity index (χ4n) is 10.2. The zero-order chi connectivity index (χ0) is 73.9. The Labute approximate surface area is 566 Å². The van der Waals surface area contributed by atoms with Gasteiger partial charge in [0.15, 0.2) is 22.3 Å². The largest absolute Gasteiger partial charge is 0.416 e. The average molecular weight is 1450 g/mol. The first-order valence-electron chi connectivity index (χ1n) is 30.2. The summed E-state index contributed by atoms with van der Waals surface area (Å²) in [6, 6.07) is 11.3. The number of halogens is 3. The van der Waals surface area contributed by atoms with E-state index >= 15 is 0 Å². The molecule has 542 valence electrons. The van der Waals surface area contributed by atoms with Crippen LogP contribution in [0.4, 0.5) is 42.7 Å². The molecule has 2 aromatic carbocycles. The number of hydrogen-bond donors (Lipinski definition) is 17. The van der Waals surface area contributed by atoms with Crippen LogP contribution in [0.2, 0.25) is 0 Å². The molecule has 0 bridgehead atoms. The lowest BCUT2D eigenvalue weighted by Gasteiger charge is -2.24. The Hall–Kier alpha value is -10.2. The Morgan fingerprint density at radius 1 is 0.752 bits per heavy atom. The van der Waals surface area contributed by atoms with Crippen molar-refractivity contribution in [1.82, 2.24) is 78.6 Å². The molecule has 10 heterocycles. The third-order valence-corrected chi connectivity index (χ3v) is 16.9. The highest BCUT2D eigenvalue weighted by atomic mass is 31.2. The van der Waals surface area contributed by atoms with Gasteiger partial charge < -0.3 is 91.6 Å². The Bertz CT molecular complexity index is 4910. The molecule has 2 unspecified atom stereocenters. The summed E-state index contributed by atoms with van der Waals surface area (Å²) >= 11 is 0. The highest BCUT2D eigenvalue weighted by molar-refractivity contribution is 7.55. The molecule has 12 rings (SSSR count). The topological polar surface area (TPSA) is 604 Å². The van der Waals surface area contributed by atoms with E-state index in [4.69, 9.17) is 62.0 Å². The molecule has 0 aliphatic carbocycles. The van der Waals surface area contributed by atoms with E-state index in [-0.39, 0.29) is 94.3 Å². The number of nitrogens with zero attached hydrogens (tertiary/aromatic N) is 12. The van der Waals surface area contributed by atoms with Crippen molar-refractivity contribution in [2.75, 3.05) is 60.7 Å². The first-order chi connectivity index (χ1) is 47.5. The number of rotatable bonds is 17. The molecule has 10 aromatic rings. The number of ether oxygens (including phenoxy) is 1. The summed E-state index contributed by atoms with van der Waals surface area (Å²) in [5.41, 5.74) is 24.0. The molecule has 0 spiro atoms. The van der Waals surface area contributed by atoms with Gasteiger partial charge in [-0.05, 0) is 66.6 Å². The van der Waals surface area contributed by atoms with Crippen LogP contribution < -0.4 is 50.6 Å². The van der Waals surface area contributed by atoms with Crippen molar-refractivity contribution in [2.24, 2.45) is 11.3 Å². The number of β-amino-alcohol motifs (C(OH)–C–C–N with tert-alkyl or cyclic N) is 1. The van der Waals surface area contributed by atoms with Crippen LogP contribution in [-0.4, -0.2) is 175 Å². The molecular weight excluding hydrogens is 1380 g/mol. The summed E-state index contributed by atoms with van der Waals surface area (Å²) in [7, 11) is -8.24. The maximum Gasteiger partial charge on any atom is 0.416 e. The molecule has 0 radical (unpaired) electrons. The zero-order valence-electron chi connectivity index (χ0n) is 53.8. The predicted molar refractivity (Wildman–Crippen MR) is 358 cm³/mol. The molecule has 2 fully saturated rings. The molecule has 2 saturated heterocycles. The summed E-state index contributed by atoms with van der Waals surface area (Å²) < 4.78 is 73.5. The van der Waals surface area contributed by atoms with E-state index in [2.05, 4.69) is 65.3 Å². The molecular formula is C58H72F3N21O17P2. The Morgan fingerprint density at radius 3 is 1.95 bits per heavy atom. The number of imidazole rings is 2. The average Bonchev–Trinajstić information content (AvgIpc) is 1.68. The van der Waals surface area contributed by atoms with E-state index in [1.54, 1.807) is 40.5 Å². The number of nitrogens with two attached hydrogens (primary N) is 4. The van der Waals surface area contributed by atoms with Crippen molar-refractivity contribution in [3.05, 3.63) is 161 Å². The van der Waals surface area contributed by atoms with E-state index in [0.29, 0.717) is 79.2 Å². The van der Waals surface area contributed by atoms with E-state index in [1.807, 2.05) is 24.8 Å². The van der Waals surface area contributed by atoms with Gasteiger partial charge in [0.2, 0.25) is 23.8 Å². The standard InChI is InChI=1S/C14H14N5O4P.C12H9F3N2O2.C12H20N5O4P.C12H17N5O3.C8H12N4O4/c15-14-17-12-11(13(20)18-14)16-8-19(12)7-10-4-2-1-3-9(10)5-6-24(21,22)23;1-7-10(6-16-19-7)11(18)17-9-4-2-8(3-5-9)12(13,14)15;1-12(2,4-6-22(19,20)21)3-5-17-7-14-8-9(17)15-11(13)16-10(8)18;13-12-15-9-6(1-14-10(9)11(20)16-12)2-17-3-7(5-18)8(19)4-17;9-7-10-3-12(8(15)11-7)6-1-4(14)5(2-13)16-6/h1-6,8H,7H2,(H2,21,22,23)(H3,15,17,18,20);2-6H,1H3,(H,17,18);7H,3-6H2,1-2H3,(H2,19,20,21)(H3,13,15,16,18);1,7-8,14,18-19H,2-5H2,(H3,13,15,16,20);3-6,13-14H,1-2H2,(H2,9,11,15)/b6-5+;;;;/t;;;;4-,5+,6+/m....0/s1. The van der Waals surface area contributed by atoms with E-state index < -0.39 is 68.6 Å². The molecule has 38 nitrogen and oxygen atoms in total. The fraction of sp³-hybridized carbons (Fsp3) is 0.362. The summed E-state index contributed by atoms with van der Waals surface area (Å²) in [5, 5.41) is 43.2. The van der Waals surface area contributed by atoms with E-state index in [0.717, 1.165) is 33.6 Å². The van der Waals surface area contributed by atoms with E-state index in [9.17, 15) is 56.5 Å². The van der Waals surface area contributed by atoms with Gasteiger partial charge in [-0.3, -0.25) is 52.7 Å². The van der Waals surface area contributed by atoms with Gasteiger partial charge in [-0.2, -0.15) is 28.1 Å². The van der Waals surface area contributed by atoms with Gasteiger partial charge in [-0.1, -0.05) is 43.3 Å². The molecule has 2 aliphatic rings. The first-order valence-corrected chi connectivity index (χ1v) is 33.7. The number of aromatic amines is 4. The van der Waals surface area contributed by atoms with Gasteiger partial charge in [0.25, 0.3) is 22.6 Å². The minimum atomic E-state index is -4.40. The van der Waals surface area contributed by atoms with Crippen LogP contribution in [0.3, 0.4) is 0 Å². The number of nitrogen functional groups attached to an aromatic ring is 4. The molecule has 5 atom stereocenters. The fourth-order valence-corrected chi connectivity index (χ4v) is 11.4. The summed E-state index contributed by atoms with van der Waals surface area (Å²) in [4.78, 5) is 134. The molecule has 101 heavy (non-hydrogen) atoms. The van der Waals surface area contributed by atoms with Gasteiger partial charge in [0.1, 0.15) is 41.0 Å². The minimum Gasteiger partial charge on any atom is -0.396 e. The number of likely N-dealkylation sites (tertiary alicyclic amines) is 1. The maximum absolute atomic E-state index is 12.4. The number of alkyl halides is 3. The lowest BCUT2D eigenvalue weighted by atomic mass is 9.86. The second kappa shape index (κ2) is 32.4. The maximum atomic E-state index is 12.4. The highest BCUT2D eigenvalue weighted by Gasteiger charge is 2.36. The van der Waals surface area contributed by atoms with Gasteiger partial charge in [0, 0.05) is 68.4 Å². The van der Waals surface area contributed by atoms with Crippen LogP contribution in [-0.2, 0) is 39.7 Å². The summed E-state index contributed by atoms with van der Waals surface area (Å²) in [6.07, 6.45) is 2.59. The van der Waals surface area contributed by atoms with Crippen molar-refractivity contribution in [2.45, 2.75) is 90.4 Å². The number of amides is 1. The Balaban J connectivity index is 0.000000161. The van der Waals surface area contributed by atoms with Gasteiger partial charge >= 0.3 is 27.1 Å². The molecule has 43 heteroatoms. The second-order valence-corrected chi connectivity index (χ2v) is 27.0. The summed E-state index contributed by atoms with van der Waals surface area (Å²) in [6.45, 7) is 7.61. The monoisotopic (exact) mass is 1450 g/mol. The van der Waals surface area contributed by atoms with Gasteiger partial charge in [0.05, 0.1) is 55.9 Å².